The molecule has 0 fully saturated rings. The molecule has 1 radical (unpaired) electrons. The van der Waals surface area contributed by atoms with Gasteiger partial charge in [0.25, 0.3) is 0 Å². The van der Waals surface area contributed by atoms with E-state index in [0.717, 1.165) is 0 Å². The van der Waals surface area contributed by atoms with Gasteiger partial charge in [0.15, 0.2) is 0 Å². The van der Waals surface area contributed by atoms with E-state index in [1.54, 1.807) is 0 Å². The van der Waals surface area contributed by atoms with Gasteiger partial charge in [-0.3, -0.25) is 0 Å². The predicted molar refractivity (Wildman–Crippen MR) is 87.2 cm³/mol. The summed E-state index contributed by atoms with van der Waals surface area (Å²) in [5.74, 6) is 0. The summed E-state index contributed by atoms with van der Waals surface area (Å²) in [6.07, 6.45) is 0. The van der Waals surface area contributed by atoms with Gasteiger partial charge in [-0.15, -0.1) is 34.5 Å². The summed E-state index contributed by atoms with van der Waals surface area (Å²) in [6.45, 7) is 2.16. The van der Waals surface area contributed by atoms with Crippen molar-refractivity contribution in [2.45, 2.75) is 6.92 Å². The maximum absolute atomic E-state index is 2.28. The van der Waals surface area contributed by atoms with E-state index in [1.807, 2.05) is 0 Å². The van der Waals surface area contributed by atoms with Crippen molar-refractivity contribution in [2.24, 2.45) is 0 Å². The molecule has 0 aliphatic carbocycles. The third kappa shape index (κ3) is 3.30. The van der Waals surface area contributed by atoms with Gasteiger partial charge in [0.2, 0.25) is 0 Å². The van der Waals surface area contributed by atoms with E-state index in [-0.39, 0.29) is 35.6 Å². The number of fused-ring (bicyclic) bond motifs is 2. The Hall–Kier alpha value is -1.73. The fourth-order valence-electron chi connectivity index (χ4n) is 3.08. The number of benzene rings is 3. The summed E-state index contributed by atoms with van der Waals surface area (Å²) in [6, 6.07) is 26.2. The Kier molecular flexibility index (Phi) is 6.47. The number of halogens is 2. The van der Waals surface area contributed by atoms with Crippen molar-refractivity contribution in [3.8, 4) is 11.1 Å². The van der Waals surface area contributed by atoms with Crippen LogP contribution in [-0.2, 0) is 26.2 Å². The van der Waals surface area contributed by atoms with Gasteiger partial charge in [-0.05, 0) is 16.3 Å². The summed E-state index contributed by atoms with van der Waals surface area (Å²) >= 11 is 0. The average Bonchev–Trinajstić information content (AvgIpc) is 2.87. The molecule has 4 rings (SSSR count). The van der Waals surface area contributed by atoms with Crippen LogP contribution < -0.4 is 9.41 Å². The molecule has 4 aromatic rings. The molecule has 0 saturated heterocycles. The SMILES string of the molecule is Cc1cc2c(-c3cccc4ccccc34)cccc2[cH-]1.[F-].[F-].[Zr+3]. The first-order valence-electron chi connectivity index (χ1n) is 6.97. The minimum Gasteiger partial charge on any atom is -1.00 e. The Labute approximate surface area is 153 Å². The van der Waals surface area contributed by atoms with Crippen LogP contribution in [0.1, 0.15) is 5.56 Å². The topological polar surface area (TPSA) is 0 Å². The van der Waals surface area contributed by atoms with E-state index < -0.39 is 0 Å². The Morgan fingerprint density at radius 2 is 1.30 bits per heavy atom. The molecule has 23 heavy (non-hydrogen) atoms. The third-order valence-electron chi connectivity index (χ3n) is 3.97. The van der Waals surface area contributed by atoms with E-state index in [9.17, 15) is 0 Å². The maximum atomic E-state index is 2.28. The Balaban J connectivity index is 0.000000882. The molecule has 0 aliphatic heterocycles. The number of hydrogen-bond acceptors (Lipinski definition) is 0. The van der Waals surface area contributed by atoms with Crippen molar-refractivity contribution in [1.82, 2.24) is 0 Å². The van der Waals surface area contributed by atoms with Crippen LogP contribution >= 0.6 is 0 Å². The molecule has 0 aromatic heterocycles. The molecular weight excluding hydrogens is 369 g/mol. The molecule has 0 heterocycles. The molecular formula is C20H15F2Zr. The Morgan fingerprint density at radius 1 is 0.696 bits per heavy atom. The van der Waals surface area contributed by atoms with E-state index in [4.69, 9.17) is 0 Å². The van der Waals surface area contributed by atoms with Gasteiger partial charge in [-0.2, -0.15) is 6.07 Å². The predicted octanol–water partition coefficient (Wildman–Crippen LogP) is -0.307. The van der Waals surface area contributed by atoms with Gasteiger partial charge < -0.3 is 9.41 Å². The molecule has 4 aromatic carbocycles. The second kappa shape index (κ2) is 7.70. The van der Waals surface area contributed by atoms with Crippen LogP contribution in [0.4, 0.5) is 0 Å². The molecule has 0 spiro atoms. The number of rotatable bonds is 1. The van der Waals surface area contributed by atoms with Gasteiger partial charge in [0.1, 0.15) is 0 Å². The summed E-state index contributed by atoms with van der Waals surface area (Å²) in [7, 11) is 0. The van der Waals surface area contributed by atoms with E-state index in [1.165, 1.54) is 38.2 Å². The molecule has 0 saturated carbocycles. The second-order valence-electron chi connectivity index (χ2n) is 5.37. The van der Waals surface area contributed by atoms with Crippen LogP contribution in [0.25, 0.3) is 32.7 Å². The summed E-state index contributed by atoms with van der Waals surface area (Å²) < 4.78 is 0. The van der Waals surface area contributed by atoms with Crippen LogP contribution in [0.2, 0.25) is 0 Å². The second-order valence-corrected chi connectivity index (χ2v) is 5.37. The fourth-order valence-corrected chi connectivity index (χ4v) is 3.08. The molecule has 113 valence electrons. The summed E-state index contributed by atoms with van der Waals surface area (Å²) in [4.78, 5) is 0. The average molecular weight is 385 g/mol. The van der Waals surface area contributed by atoms with Crippen molar-refractivity contribution in [1.29, 1.82) is 0 Å². The quantitative estimate of drug-likeness (QED) is 0.395. The van der Waals surface area contributed by atoms with Gasteiger partial charge in [0.05, 0.1) is 0 Å². The molecule has 0 aliphatic rings. The molecule has 0 amide bonds. The fraction of sp³-hybridized carbons (Fsp3) is 0.0500. The van der Waals surface area contributed by atoms with Crippen molar-refractivity contribution in [2.75, 3.05) is 0 Å². The van der Waals surface area contributed by atoms with Gasteiger partial charge >= 0.3 is 26.2 Å². The third-order valence-corrected chi connectivity index (χ3v) is 3.97. The molecule has 3 heteroatoms. The van der Waals surface area contributed by atoms with Crippen molar-refractivity contribution in [3.63, 3.8) is 0 Å². The first-order chi connectivity index (χ1) is 9.83. The first-order valence-corrected chi connectivity index (χ1v) is 6.97. The van der Waals surface area contributed by atoms with E-state index in [0.29, 0.717) is 0 Å². The van der Waals surface area contributed by atoms with Crippen LogP contribution in [0.15, 0.2) is 72.8 Å². The number of hydrogen-bond donors (Lipinski definition) is 0. The molecule has 0 N–H and O–H groups in total. The minimum atomic E-state index is 0. The van der Waals surface area contributed by atoms with E-state index >= 15 is 0 Å². The maximum Gasteiger partial charge on any atom is 3.00 e. The van der Waals surface area contributed by atoms with Gasteiger partial charge in [-0.25, -0.2) is 0 Å². The largest absolute Gasteiger partial charge is 3.00 e. The molecule has 0 nitrogen and oxygen atoms in total. The normalized spacial score (nSPS) is 9.78. The van der Waals surface area contributed by atoms with Crippen LogP contribution in [0.5, 0.6) is 0 Å². The summed E-state index contributed by atoms with van der Waals surface area (Å²) in [5, 5.41) is 5.29. The zero-order valence-electron chi connectivity index (χ0n) is 12.7. The zero-order valence-corrected chi connectivity index (χ0v) is 15.1. The monoisotopic (exact) mass is 383 g/mol. The first kappa shape index (κ1) is 19.3. The van der Waals surface area contributed by atoms with Crippen LogP contribution in [0, 0.1) is 6.92 Å². The Morgan fingerprint density at radius 3 is 2.09 bits per heavy atom. The molecule has 0 bridgehead atoms. The smallest absolute Gasteiger partial charge is 1.00 e. The van der Waals surface area contributed by atoms with Gasteiger partial charge in [-0.1, -0.05) is 61.0 Å². The Bertz CT molecular complexity index is 920. The van der Waals surface area contributed by atoms with Crippen molar-refractivity contribution >= 4 is 21.5 Å². The van der Waals surface area contributed by atoms with E-state index in [2.05, 4.69) is 79.7 Å². The van der Waals surface area contributed by atoms with Crippen molar-refractivity contribution in [3.05, 3.63) is 78.4 Å². The standard InChI is InChI=1S/C20H15.2FH.Zr/c1-14-12-16-8-5-11-19(20(16)13-14)18-10-4-7-15-6-2-3-9-17(15)18;;;/h2-13H,1H3;2*1H;/q-1;;;+3/p-2. The zero-order chi connectivity index (χ0) is 13.5. The number of aryl methyl sites for hydroxylation is 1. The van der Waals surface area contributed by atoms with Crippen molar-refractivity contribution < 1.29 is 35.6 Å². The molecule has 0 unspecified atom stereocenters. The summed E-state index contributed by atoms with van der Waals surface area (Å²) in [5.41, 5.74) is 3.97. The van der Waals surface area contributed by atoms with Crippen LogP contribution in [0.3, 0.4) is 0 Å². The van der Waals surface area contributed by atoms with Crippen LogP contribution in [-0.4, -0.2) is 0 Å². The molecule has 0 atom stereocenters. The van der Waals surface area contributed by atoms with Gasteiger partial charge in [0, 0.05) is 0 Å². The minimum absolute atomic E-state index is 0.